The number of nitrogens with one attached hydrogen (secondary N) is 1. The number of hydrogen-bond donors (Lipinski definition) is 1. The van der Waals surface area contributed by atoms with Gasteiger partial charge in [0.1, 0.15) is 11.9 Å². The molecule has 0 saturated carbocycles. The first kappa shape index (κ1) is 25.7. The molecule has 2 aliphatic heterocycles. The van der Waals surface area contributed by atoms with Gasteiger partial charge in [0.2, 0.25) is 5.91 Å². The summed E-state index contributed by atoms with van der Waals surface area (Å²) in [6.07, 6.45) is 0.792. The lowest BCUT2D eigenvalue weighted by molar-refractivity contribution is -0.124. The van der Waals surface area contributed by atoms with Crippen LogP contribution in [0.1, 0.15) is 12.8 Å². The van der Waals surface area contributed by atoms with Crippen molar-refractivity contribution in [1.29, 1.82) is 0 Å². The van der Waals surface area contributed by atoms with Gasteiger partial charge in [0.15, 0.2) is 5.11 Å². The fourth-order valence-corrected chi connectivity index (χ4v) is 5.05. The van der Waals surface area contributed by atoms with Gasteiger partial charge in [-0.15, -0.1) is 0 Å². The van der Waals surface area contributed by atoms with E-state index in [-0.39, 0.29) is 24.1 Å². The molecule has 10 heteroatoms. The Kier molecular flexibility index (Phi) is 8.48. The molecular weight excluding hydrogens is 533 g/mol. The lowest BCUT2D eigenvalue weighted by Crippen LogP contribution is -2.45. The smallest absolute Gasteiger partial charge is 0.256 e. The zero-order chi connectivity index (χ0) is 24.9. The Morgan fingerprint density at radius 2 is 1.71 bits per heavy atom. The Morgan fingerprint density at radius 1 is 1.06 bits per heavy atom. The number of anilines is 2. The summed E-state index contributed by atoms with van der Waals surface area (Å²) in [6.45, 7) is 5.57. The van der Waals surface area contributed by atoms with Gasteiger partial charge in [-0.3, -0.25) is 14.5 Å². The summed E-state index contributed by atoms with van der Waals surface area (Å²) < 4.78 is 14.4. The van der Waals surface area contributed by atoms with E-state index in [2.05, 4.69) is 38.1 Å². The van der Waals surface area contributed by atoms with Crippen molar-refractivity contribution in [3.05, 3.63) is 58.8 Å². The average Bonchev–Trinajstić information content (AvgIpc) is 3.06. The van der Waals surface area contributed by atoms with Crippen LogP contribution in [0.25, 0.3) is 0 Å². The number of hydrogen-bond acceptors (Lipinski definition) is 5. The highest BCUT2D eigenvalue weighted by Crippen LogP contribution is 2.28. The van der Waals surface area contributed by atoms with Gasteiger partial charge in [-0.1, -0.05) is 15.9 Å². The van der Waals surface area contributed by atoms with Crippen LogP contribution in [0.4, 0.5) is 15.8 Å². The minimum atomic E-state index is -0.713. The molecule has 2 saturated heterocycles. The number of likely N-dealkylation sites (N-methyl/N-ethyl adjacent to an activating group) is 1. The number of halogens is 2. The molecule has 0 spiro atoms. The van der Waals surface area contributed by atoms with Crippen molar-refractivity contribution in [2.75, 3.05) is 56.5 Å². The molecule has 0 bridgehead atoms. The molecule has 186 valence electrons. The molecular formula is C25H29BrFN5O2S. The van der Waals surface area contributed by atoms with E-state index >= 15 is 0 Å². The van der Waals surface area contributed by atoms with Gasteiger partial charge in [0.05, 0.1) is 12.1 Å². The molecule has 35 heavy (non-hydrogen) atoms. The Labute approximate surface area is 219 Å². The minimum Gasteiger partial charge on any atom is -0.336 e. The summed E-state index contributed by atoms with van der Waals surface area (Å²) in [5, 5.41) is 3.21. The van der Waals surface area contributed by atoms with E-state index in [0.717, 1.165) is 43.6 Å². The maximum absolute atomic E-state index is 13.5. The van der Waals surface area contributed by atoms with E-state index in [0.29, 0.717) is 23.0 Å². The number of carbonyl (C=O) groups excluding carboxylic acids is 2. The molecule has 0 aromatic heterocycles. The highest BCUT2D eigenvalue weighted by Gasteiger charge is 2.43. The topological polar surface area (TPSA) is 59.1 Å². The molecule has 2 aromatic rings. The summed E-state index contributed by atoms with van der Waals surface area (Å²) in [5.74, 6) is -0.925. The first-order valence-corrected chi connectivity index (χ1v) is 12.9. The first-order chi connectivity index (χ1) is 16.8. The molecule has 1 N–H and O–H groups in total. The van der Waals surface area contributed by atoms with Gasteiger partial charge in [0.25, 0.3) is 5.91 Å². The monoisotopic (exact) mass is 561 g/mol. The second-order valence-corrected chi connectivity index (χ2v) is 10.2. The molecule has 2 heterocycles. The first-order valence-electron chi connectivity index (χ1n) is 11.7. The third-order valence-electron chi connectivity index (χ3n) is 6.38. The van der Waals surface area contributed by atoms with E-state index in [9.17, 15) is 14.0 Å². The second kappa shape index (κ2) is 11.6. The van der Waals surface area contributed by atoms with E-state index < -0.39 is 6.04 Å². The lowest BCUT2D eigenvalue weighted by atomic mass is 10.1. The molecule has 2 amide bonds. The summed E-state index contributed by atoms with van der Waals surface area (Å²) >= 11 is 9.07. The number of piperazine rings is 1. The van der Waals surface area contributed by atoms with Crippen molar-refractivity contribution in [2.45, 2.75) is 18.9 Å². The van der Waals surface area contributed by atoms with Crippen LogP contribution in [0.15, 0.2) is 53.0 Å². The number of benzene rings is 2. The van der Waals surface area contributed by atoms with Crippen LogP contribution in [0.2, 0.25) is 0 Å². The fourth-order valence-electron chi connectivity index (χ4n) is 4.37. The van der Waals surface area contributed by atoms with Crippen molar-refractivity contribution in [2.24, 2.45) is 0 Å². The molecule has 2 aromatic carbocycles. The van der Waals surface area contributed by atoms with Crippen molar-refractivity contribution in [3.8, 4) is 0 Å². The van der Waals surface area contributed by atoms with Crippen LogP contribution in [-0.4, -0.2) is 84.0 Å². The van der Waals surface area contributed by atoms with Crippen LogP contribution in [0, 0.1) is 5.82 Å². The van der Waals surface area contributed by atoms with E-state index in [1.165, 1.54) is 29.2 Å². The molecule has 4 rings (SSSR count). The molecule has 2 aliphatic rings. The van der Waals surface area contributed by atoms with Crippen LogP contribution in [0.3, 0.4) is 0 Å². The molecule has 1 atom stereocenters. The molecule has 0 unspecified atom stereocenters. The van der Waals surface area contributed by atoms with Crippen LogP contribution >= 0.6 is 28.1 Å². The van der Waals surface area contributed by atoms with Gasteiger partial charge < -0.3 is 20.0 Å². The molecule has 0 aliphatic carbocycles. The standard InChI is InChI=1S/C25H29BrFN5O2S/c1-29-13-15-30(16-14-29)11-2-12-31-22(17-23(33)28-20-7-3-18(26)4-8-20)24(34)32(25(31)35)21-9-5-19(27)6-10-21/h3-10,22H,2,11-17H2,1H3,(H,28,33)/t22-/m0/s1. The number of thiocarbonyl (C=S) groups is 1. The molecule has 7 nitrogen and oxygen atoms in total. The fraction of sp³-hybridized carbons (Fsp3) is 0.400. The van der Waals surface area contributed by atoms with E-state index in [1.54, 1.807) is 12.1 Å². The minimum absolute atomic E-state index is 0.0265. The van der Waals surface area contributed by atoms with Gasteiger partial charge >= 0.3 is 0 Å². The maximum atomic E-state index is 13.5. The Bertz CT molecular complexity index is 1060. The largest absolute Gasteiger partial charge is 0.336 e. The average molecular weight is 563 g/mol. The zero-order valence-electron chi connectivity index (χ0n) is 19.6. The van der Waals surface area contributed by atoms with Crippen molar-refractivity contribution < 1.29 is 14.0 Å². The highest BCUT2D eigenvalue weighted by atomic mass is 79.9. The Hall–Kier alpha value is -2.40. The Morgan fingerprint density at radius 3 is 2.37 bits per heavy atom. The number of nitrogens with zero attached hydrogens (tertiary/aromatic N) is 4. The predicted molar refractivity (Wildman–Crippen MR) is 143 cm³/mol. The zero-order valence-corrected chi connectivity index (χ0v) is 22.0. The summed E-state index contributed by atoms with van der Waals surface area (Å²) in [5.41, 5.74) is 1.16. The molecule has 2 fully saturated rings. The van der Waals surface area contributed by atoms with Crippen molar-refractivity contribution >= 4 is 56.4 Å². The van der Waals surface area contributed by atoms with E-state index in [4.69, 9.17) is 12.2 Å². The second-order valence-electron chi connectivity index (χ2n) is 8.90. The van der Waals surface area contributed by atoms with Crippen LogP contribution < -0.4 is 10.2 Å². The summed E-state index contributed by atoms with van der Waals surface area (Å²) in [6, 6.07) is 12.2. The van der Waals surface area contributed by atoms with Gasteiger partial charge in [-0.25, -0.2) is 4.39 Å². The quantitative estimate of drug-likeness (QED) is 0.497. The van der Waals surface area contributed by atoms with Gasteiger partial charge in [0, 0.05) is 42.9 Å². The molecule has 0 radical (unpaired) electrons. The van der Waals surface area contributed by atoms with Gasteiger partial charge in [-0.2, -0.15) is 0 Å². The van der Waals surface area contributed by atoms with E-state index in [1.807, 2.05) is 17.0 Å². The van der Waals surface area contributed by atoms with Crippen LogP contribution in [-0.2, 0) is 9.59 Å². The Balaban J connectivity index is 1.46. The summed E-state index contributed by atoms with van der Waals surface area (Å²) in [4.78, 5) is 34.3. The number of carbonyl (C=O) groups is 2. The van der Waals surface area contributed by atoms with Crippen molar-refractivity contribution in [1.82, 2.24) is 14.7 Å². The van der Waals surface area contributed by atoms with Gasteiger partial charge in [-0.05, 0) is 80.8 Å². The van der Waals surface area contributed by atoms with Crippen molar-refractivity contribution in [3.63, 3.8) is 0 Å². The third kappa shape index (κ3) is 6.43. The SMILES string of the molecule is CN1CCN(CCCN2C(=S)N(c3ccc(F)cc3)C(=O)[C@@H]2CC(=O)Nc2ccc(Br)cc2)CC1. The number of rotatable bonds is 8. The van der Waals surface area contributed by atoms with Crippen LogP contribution in [0.5, 0.6) is 0 Å². The highest BCUT2D eigenvalue weighted by molar-refractivity contribution is 9.10. The normalized spacial score (nSPS) is 19.5. The predicted octanol–water partition coefficient (Wildman–Crippen LogP) is 3.56. The lowest BCUT2D eigenvalue weighted by Gasteiger charge is -2.33. The third-order valence-corrected chi connectivity index (χ3v) is 7.33. The maximum Gasteiger partial charge on any atom is 0.256 e. The summed E-state index contributed by atoms with van der Waals surface area (Å²) in [7, 11) is 2.12. The number of amides is 2.